The van der Waals surface area contributed by atoms with E-state index in [4.69, 9.17) is 9.47 Å². The first kappa shape index (κ1) is 22.1. The van der Waals surface area contributed by atoms with Crippen LogP contribution in [0.4, 0.5) is 8.78 Å². The van der Waals surface area contributed by atoms with Gasteiger partial charge >= 0.3 is 0 Å². The van der Waals surface area contributed by atoms with Crippen LogP contribution in [-0.2, 0) is 9.47 Å². The smallest absolute Gasteiger partial charge is 0.113 e. The van der Waals surface area contributed by atoms with E-state index in [1.165, 1.54) is 44.1 Å². The zero-order valence-electron chi connectivity index (χ0n) is 19.4. The maximum absolute atomic E-state index is 13.0. The number of hydrogen-bond acceptors (Lipinski definition) is 2. The van der Waals surface area contributed by atoms with Gasteiger partial charge in [-0.15, -0.1) is 0 Å². The summed E-state index contributed by atoms with van der Waals surface area (Å²) in [6, 6.07) is 0. The number of halogens is 2. The highest BCUT2D eigenvalue weighted by atomic mass is 19.1. The second kappa shape index (κ2) is 9.25. The lowest BCUT2D eigenvalue weighted by atomic mass is 9.48. The van der Waals surface area contributed by atoms with E-state index >= 15 is 0 Å². The molecule has 4 heteroatoms. The maximum Gasteiger partial charge on any atom is 0.113 e. The van der Waals surface area contributed by atoms with E-state index in [9.17, 15) is 8.78 Å². The first-order valence-corrected chi connectivity index (χ1v) is 13.0. The fourth-order valence-electron chi connectivity index (χ4n) is 8.29. The molecule has 0 bridgehead atoms. The molecule has 5 rings (SSSR count). The maximum atomic E-state index is 13.0. The van der Waals surface area contributed by atoms with Crippen LogP contribution in [0.5, 0.6) is 0 Å². The molecular weight excluding hydrogens is 394 g/mol. The summed E-state index contributed by atoms with van der Waals surface area (Å²) in [4.78, 5) is 0. The van der Waals surface area contributed by atoms with Crippen molar-refractivity contribution in [3.05, 3.63) is 22.3 Å². The molecule has 0 amide bonds. The first-order chi connectivity index (χ1) is 15.2. The number of rotatable bonds is 7. The Morgan fingerprint density at radius 2 is 1.06 bits per heavy atom. The van der Waals surface area contributed by atoms with Gasteiger partial charge in [-0.2, -0.15) is 0 Å². The molecule has 0 saturated heterocycles. The lowest BCUT2D eigenvalue weighted by molar-refractivity contribution is -0.0128. The Balaban J connectivity index is 1.56. The number of ether oxygens (including phenoxy) is 2. The molecule has 0 aromatic rings. The summed E-state index contributed by atoms with van der Waals surface area (Å²) in [7, 11) is 0. The van der Waals surface area contributed by atoms with E-state index in [0.717, 1.165) is 24.7 Å². The minimum atomic E-state index is -0.434. The Bertz CT molecular complexity index is 699. The summed E-state index contributed by atoms with van der Waals surface area (Å²) in [6.07, 6.45) is 10.1. The van der Waals surface area contributed by atoms with E-state index < -0.39 is 6.67 Å². The van der Waals surface area contributed by atoms with Crippen molar-refractivity contribution in [1.82, 2.24) is 0 Å². The second-order valence-electron chi connectivity index (χ2n) is 10.8. The van der Waals surface area contributed by atoms with Crippen molar-refractivity contribution in [3.63, 3.8) is 0 Å². The summed E-state index contributed by atoms with van der Waals surface area (Å²) in [5, 5.41) is 0. The fourth-order valence-corrected chi connectivity index (χ4v) is 8.29. The van der Waals surface area contributed by atoms with Crippen LogP contribution in [-0.4, -0.2) is 38.8 Å². The Hall–Kier alpha value is -0.740. The van der Waals surface area contributed by atoms with Gasteiger partial charge in [-0.25, -0.2) is 4.39 Å². The molecule has 174 valence electrons. The quantitative estimate of drug-likeness (QED) is 0.332. The fraction of sp³-hybridized carbons (Fsp3) is 0.852. The molecule has 0 N–H and O–H groups in total. The molecule has 5 aliphatic rings. The van der Waals surface area contributed by atoms with Crippen LogP contribution in [0.15, 0.2) is 22.3 Å². The zero-order valence-corrected chi connectivity index (χ0v) is 19.4. The van der Waals surface area contributed by atoms with Crippen molar-refractivity contribution < 1.29 is 18.3 Å². The SMILES string of the molecule is CC1CCC2C3=C1C(C)CCC3C1CCC(OCCCF)C3=C1C2CCC3OCCF. The van der Waals surface area contributed by atoms with E-state index in [1.807, 2.05) is 11.1 Å². The normalized spacial score (nSPS) is 41.8. The molecule has 31 heavy (non-hydrogen) atoms. The van der Waals surface area contributed by atoms with Gasteiger partial charge in [0.2, 0.25) is 0 Å². The van der Waals surface area contributed by atoms with Crippen molar-refractivity contribution in [2.75, 3.05) is 26.6 Å². The Labute approximate surface area is 186 Å². The molecule has 0 radical (unpaired) electrons. The Morgan fingerprint density at radius 1 is 0.581 bits per heavy atom. The molecule has 5 aliphatic carbocycles. The summed E-state index contributed by atoms with van der Waals surface area (Å²) < 4.78 is 38.1. The molecule has 2 nitrogen and oxygen atoms in total. The van der Waals surface area contributed by atoms with E-state index in [0.29, 0.717) is 36.7 Å². The molecule has 0 aliphatic heterocycles. The molecule has 1 saturated carbocycles. The predicted octanol–water partition coefficient (Wildman–Crippen LogP) is 6.60. The lowest BCUT2D eigenvalue weighted by Gasteiger charge is -2.57. The average Bonchev–Trinajstić information content (AvgIpc) is 2.78. The summed E-state index contributed by atoms with van der Waals surface area (Å²) in [5.74, 6) is 4.14. The largest absolute Gasteiger partial charge is 0.374 e. The van der Waals surface area contributed by atoms with Crippen molar-refractivity contribution in [1.29, 1.82) is 0 Å². The topological polar surface area (TPSA) is 18.5 Å². The molecule has 8 unspecified atom stereocenters. The van der Waals surface area contributed by atoms with Gasteiger partial charge < -0.3 is 9.47 Å². The van der Waals surface area contributed by atoms with Crippen molar-refractivity contribution >= 4 is 0 Å². The third-order valence-electron chi connectivity index (χ3n) is 9.29. The van der Waals surface area contributed by atoms with Crippen LogP contribution in [0.1, 0.15) is 71.6 Å². The molecule has 0 spiro atoms. The second-order valence-corrected chi connectivity index (χ2v) is 10.8. The molecule has 0 heterocycles. The van der Waals surface area contributed by atoms with Crippen LogP contribution in [0.2, 0.25) is 0 Å². The highest BCUT2D eigenvalue weighted by Crippen LogP contribution is 2.62. The van der Waals surface area contributed by atoms with Crippen LogP contribution in [0.3, 0.4) is 0 Å². The van der Waals surface area contributed by atoms with Gasteiger partial charge in [-0.3, -0.25) is 4.39 Å². The molecule has 1 fully saturated rings. The highest BCUT2D eigenvalue weighted by molar-refractivity contribution is 5.43. The Kier molecular flexibility index (Phi) is 6.59. The average molecular weight is 435 g/mol. The number of allylic oxidation sites excluding steroid dienone is 3. The minimum absolute atomic E-state index is 0.00444. The molecule has 0 aromatic heterocycles. The van der Waals surface area contributed by atoms with Gasteiger partial charge in [0.05, 0.1) is 25.5 Å². The third-order valence-corrected chi connectivity index (χ3v) is 9.29. The third kappa shape index (κ3) is 3.74. The Morgan fingerprint density at radius 3 is 1.58 bits per heavy atom. The number of fused-ring (bicyclic) bond motifs is 2. The van der Waals surface area contributed by atoms with Crippen LogP contribution in [0, 0.1) is 35.5 Å². The number of hydrogen-bond donors (Lipinski definition) is 0. The van der Waals surface area contributed by atoms with Crippen LogP contribution in [0.25, 0.3) is 0 Å². The zero-order chi connectivity index (χ0) is 21.5. The molecular formula is C27H40F2O2. The molecule has 8 atom stereocenters. The summed E-state index contributed by atoms with van der Waals surface area (Å²) in [5.41, 5.74) is 6.70. The standard InChI is InChI=1S/C27H40F2O2/c1-16-4-6-18-20-8-10-22(30-14-3-12-28)27-23(31-15-13-29)11-9-21(26(20)27)19-7-5-17(2)24(16)25(18)19/h16-23H,3-15H2,1-2H3. The van der Waals surface area contributed by atoms with E-state index in [2.05, 4.69) is 13.8 Å². The van der Waals surface area contributed by atoms with Gasteiger partial charge in [0, 0.05) is 6.61 Å². The highest BCUT2D eigenvalue weighted by Gasteiger charge is 2.53. The van der Waals surface area contributed by atoms with Crippen molar-refractivity contribution in [2.45, 2.75) is 83.8 Å². The van der Waals surface area contributed by atoms with Gasteiger partial charge in [0.25, 0.3) is 0 Å². The summed E-state index contributed by atoms with van der Waals surface area (Å²) >= 11 is 0. The monoisotopic (exact) mass is 434 g/mol. The van der Waals surface area contributed by atoms with Crippen LogP contribution < -0.4 is 0 Å². The van der Waals surface area contributed by atoms with E-state index in [-0.39, 0.29) is 25.5 Å². The van der Waals surface area contributed by atoms with Gasteiger partial charge in [-0.05, 0) is 98.9 Å². The molecule has 0 aromatic carbocycles. The van der Waals surface area contributed by atoms with Crippen molar-refractivity contribution in [2.24, 2.45) is 35.5 Å². The first-order valence-electron chi connectivity index (χ1n) is 13.0. The summed E-state index contributed by atoms with van der Waals surface area (Å²) in [6.45, 7) is 4.81. The van der Waals surface area contributed by atoms with E-state index in [1.54, 1.807) is 5.57 Å². The number of alkyl halides is 2. The van der Waals surface area contributed by atoms with Crippen LogP contribution >= 0.6 is 0 Å². The predicted molar refractivity (Wildman–Crippen MR) is 119 cm³/mol. The van der Waals surface area contributed by atoms with Gasteiger partial charge in [-0.1, -0.05) is 30.6 Å². The minimum Gasteiger partial charge on any atom is -0.374 e. The van der Waals surface area contributed by atoms with Crippen molar-refractivity contribution in [3.8, 4) is 0 Å². The van der Waals surface area contributed by atoms with Gasteiger partial charge in [0.1, 0.15) is 6.67 Å². The lowest BCUT2D eigenvalue weighted by Crippen LogP contribution is -2.49. The van der Waals surface area contributed by atoms with Gasteiger partial charge in [0.15, 0.2) is 0 Å².